The molecule has 0 aromatic rings. The van der Waals surface area contributed by atoms with Crippen LogP contribution < -0.4 is 0 Å². The quantitative estimate of drug-likeness (QED) is 0.0332. The predicted molar refractivity (Wildman–Crippen MR) is 179 cm³/mol. The van der Waals surface area contributed by atoms with E-state index >= 15 is 0 Å². The average molecular weight is 643 g/mol. The Morgan fingerprint density at radius 1 is 0.614 bits per heavy atom. The van der Waals surface area contributed by atoms with Gasteiger partial charge in [0.25, 0.3) is 0 Å². The third-order valence-electron chi connectivity index (χ3n) is 7.23. The fraction of sp³-hybridized carbons (Fsp3) is 0.771. The van der Waals surface area contributed by atoms with Gasteiger partial charge >= 0.3 is 19.8 Å². The first-order chi connectivity index (χ1) is 21.3. The Balaban J connectivity index is 4.03. The van der Waals surface area contributed by atoms with Gasteiger partial charge in [-0.15, -0.1) is 0 Å². The fourth-order valence-corrected chi connectivity index (χ4v) is 5.03. The van der Waals surface area contributed by atoms with Crippen molar-refractivity contribution in [1.82, 2.24) is 0 Å². The van der Waals surface area contributed by atoms with E-state index in [9.17, 15) is 14.2 Å². The van der Waals surface area contributed by atoms with Crippen LogP contribution in [0, 0.1) is 0 Å². The van der Waals surface area contributed by atoms with Crippen molar-refractivity contribution < 1.29 is 37.9 Å². The molecule has 0 aliphatic carbocycles. The molecule has 0 amide bonds. The molecule has 0 aliphatic heterocycles. The third kappa shape index (κ3) is 33.2. The molecule has 0 rings (SSSR count). The van der Waals surface area contributed by atoms with E-state index in [1.165, 1.54) is 64.2 Å². The lowest BCUT2D eigenvalue weighted by Gasteiger charge is -2.18. The van der Waals surface area contributed by atoms with Gasteiger partial charge in [0.1, 0.15) is 6.61 Å². The van der Waals surface area contributed by atoms with Crippen LogP contribution in [0.3, 0.4) is 0 Å². The summed E-state index contributed by atoms with van der Waals surface area (Å²) in [6, 6.07) is 0. The minimum Gasteiger partial charge on any atom is -0.462 e. The van der Waals surface area contributed by atoms with Crippen molar-refractivity contribution in [2.24, 2.45) is 0 Å². The number of unbranched alkanes of at least 4 members (excludes halogenated alkanes) is 17. The molecular formula is C35H63O8P. The first-order valence-corrected chi connectivity index (χ1v) is 18.8. The lowest BCUT2D eigenvalue weighted by Crippen LogP contribution is -2.29. The molecule has 0 saturated heterocycles. The SMILES string of the molecule is CC/C=C/C=C/C=C/CCCCCCCC(=O)OC(COC(=O)CCCCCCCCCCCCCCC)COP(=O)(O)O. The number of allylic oxidation sites excluding steroid dienone is 6. The van der Waals surface area contributed by atoms with Gasteiger partial charge in [-0.3, -0.25) is 14.1 Å². The van der Waals surface area contributed by atoms with Crippen molar-refractivity contribution in [3.8, 4) is 0 Å². The summed E-state index contributed by atoms with van der Waals surface area (Å²) in [5, 5.41) is 0. The van der Waals surface area contributed by atoms with E-state index in [1.807, 2.05) is 18.2 Å². The monoisotopic (exact) mass is 642 g/mol. The summed E-state index contributed by atoms with van der Waals surface area (Å²) in [6.45, 7) is 3.51. The fourth-order valence-electron chi connectivity index (χ4n) is 4.67. The first kappa shape index (κ1) is 42.3. The minimum atomic E-state index is -4.75. The molecule has 8 nitrogen and oxygen atoms in total. The second-order valence-electron chi connectivity index (χ2n) is 11.5. The minimum absolute atomic E-state index is 0.190. The number of phosphoric acid groups is 1. The van der Waals surface area contributed by atoms with Crippen LogP contribution >= 0.6 is 7.82 Å². The Bertz CT molecular complexity index is 818. The molecule has 0 saturated carbocycles. The summed E-state index contributed by atoms with van der Waals surface area (Å²) in [5.41, 5.74) is 0. The number of carbonyl (C=O) groups is 2. The second kappa shape index (κ2) is 31.3. The van der Waals surface area contributed by atoms with Crippen LogP contribution in [-0.2, 0) is 28.2 Å². The normalized spacial score (nSPS) is 12.9. The highest BCUT2D eigenvalue weighted by molar-refractivity contribution is 7.46. The van der Waals surface area contributed by atoms with E-state index in [-0.39, 0.29) is 19.4 Å². The number of hydrogen-bond acceptors (Lipinski definition) is 6. The highest BCUT2D eigenvalue weighted by Gasteiger charge is 2.22. The van der Waals surface area contributed by atoms with E-state index in [0.717, 1.165) is 57.8 Å². The number of ether oxygens (including phenoxy) is 2. The number of esters is 2. The van der Waals surface area contributed by atoms with E-state index in [2.05, 4.69) is 36.6 Å². The Kier molecular flexibility index (Phi) is 30.0. The van der Waals surface area contributed by atoms with Crippen LogP contribution in [0.2, 0.25) is 0 Å². The molecule has 2 N–H and O–H groups in total. The van der Waals surface area contributed by atoms with Gasteiger partial charge in [-0.05, 0) is 32.1 Å². The maximum Gasteiger partial charge on any atom is 0.469 e. The molecule has 0 bridgehead atoms. The van der Waals surface area contributed by atoms with Crippen LogP contribution in [0.25, 0.3) is 0 Å². The van der Waals surface area contributed by atoms with Gasteiger partial charge in [0.15, 0.2) is 6.10 Å². The van der Waals surface area contributed by atoms with Gasteiger partial charge < -0.3 is 19.3 Å². The lowest BCUT2D eigenvalue weighted by molar-refractivity contribution is -0.161. The van der Waals surface area contributed by atoms with Crippen LogP contribution in [0.1, 0.15) is 155 Å². The first-order valence-electron chi connectivity index (χ1n) is 17.3. The Hall–Kier alpha value is -1.73. The highest BCUT2D eigenvalue weighted by atomic mass is 31.2. The molecule has 44 heavy (non-hydrogen) atoms. The summed E-state index contributed by atoms with van der Waals surface area (Å²) in [4.78, 5) is 42.5. The third-order valence-corrected chi connectivity index (χ3v) is 7.72. The van der Waals surface area contributed by atoms with Crippen molar-refractivity contribution in [1.29, 1.82) is 0 Å². The number of carbonyl (C=O) groups excluding carboxylic acids is 2. The van der Waals surface area contributed by atoms with Gasteiger partial charge in [-0.1, -0.05) is 147 Å². The summed E-state index contributed by atoms with van der Waals surface area (Å²) < 4.78 is 26.2. The molecular weight excluding hydrogens is 579 g/mol. The van der Waals surface area contributed by atoms with Gasteiger partial charge in [0, 0.05) is 12.8 Å². The van der Waals surface area contributed by atoms with Gasteiger partial charge in [0.2, 0.25) is 0 Å². The molecule has 1 atom stereocenters. The smallest absolute Gasteiger partial charge is 0.462 e. The topological polar surface area (TPSA) is 119 Å². The summed E-state index contributed by atoms with van der Waals surface area (Å²) in [5.74, 6) is -0.909. The molecule has 256 valence electrons. The molecule has 0 aliphatic rings. The van der Waals surface area contributed by atoms with Crippen molar-refractivity contribution in [3.05, 3.63) is 36.5 Å². The van der Waals surface area contributed by atoms with Gasteiger partial charge in [-0.25, -0.2) is 4.57 Å². The highest BCUT2D eigenvalue weighted by Crippen LogP contribution is 2.36. The van der Waals surface area contributed by atoms with Gasteiger partial charge in [-0.2, -0.15) is 0 Å². The van der Waals surface area contributed by atoms with Crippen molar-refractivity contribution >= 4 is 19.8 Å². The molecule has 0 heterocycles. The van der Waals surface area contributed by atoms with Crippen molar-refractivity contribution in [2.45, 2.75) is 161 Å². The molecule has 0 aromatic heterocycles. The maximum absolute atomic E-state index is 12.3. The molecule has 0 radical (unpaired) electrons. The van der Waals surface area contributed by atoms with Crippen LogP contribution in [0.5, 0.6) is 0 Å². The number of phosphoric ester groups is 1. The molecule has 1 unspecified atom stereocenters. The Labute approximate surface area is 268 Å². The zero-order valence-corrected chi connectivity index (χ0v) is 28.7. The Morgan fingerprint density at radius 2 is 1.09 bits per heavy atom. The summed E-state index contributed by atoms with van der Waals surface area (Å²) in [7, 11) is -4.75. The van der Waals surface area contributed by atoms with Crippen molar-refractivity contribution in [3.63, 3.8) is 0 Å². The van der Waals surface area contributed by atoms with Crippen LogP contribution in [-0.4, -0.2) is 41.0 Å². The zero-order valence-electron chi connectivity index (χ0n) is 27.8. The maximum atomic E-state index is 12.3. The average Bonchev–Trinajstić information content (AvgIpc) is 2.98. The summed E-state index contributed by atoms with van der Waals surface area (Å²) in [6.07, 6.45) is 34.4. The van der Waals surface area contributed by atoms with Crippen LogP contribution in [0.15, 0.2) is 36.5 Å². The Morgan fingerprint density at radius 3 is 1.61 bits per heavy atom. The largest absolute Gasteiger partial charge is 0.469 e. The standard InChI is InChI=1S/C35H63O8P/c1-3-5-7-9-11-13-15-17-19-21-23-25-27-29-34(36)41-31-33(32-42-44(38,39)40)43-35(37)30-28-26-24-22-20-18-16-14-12-10-8-6-4-2/h6,8,10,12,14,16,33H,3-5,7,9,11,13,15,17-32H2,1-2H3,(H2,38,39,40)/b8-6+,12-10+,16-14+. The molecule has 9 heteroatoms. The second-order valence-corrected chi connectivity index (χ2v) is 12.8. The van der Waals surface area contributed by atoms with E-state index in [0.29, 0.717) is 6.42 Å². The van der Waals surface area contributed by atoms with Crippen LogP contribution in [0.4, 0.5) is 0 Å². The lowest BCUT2D eigenvalue weighted by atomic mass is 10.0. The van der Waals surface area contributed by atoms with E-state index < -0.39 is 32.5 Å². The van der Waals surface area contributed by atoms with E-state index in [4.69, 9.17) is 19.3 Å². The molecule has 0 aromatic carbocycles. The predicted octanol–water partition coefficient (Wildman–Crippen LogP) is 9.84. The van der Waals surface area contributed by atoms with Gasteiger partial charge in [0.05, 0.1) is 6.61 Å². The molecule has 0 fully saturated rings. The summed E-state index contributed by atoms with van der Waals surface area (Å²) >= 11 is 0. The number of rotatable bonds is 31. The number of hydrogen-bond donors (Lipinski definition) is 2. The zero-order chi connectivity index (χ0) is 32.6. The van der Waals surface area contributed by atoms with E-state index in [1.54, 1.807) is 0 Å². The van der Waals surface area contributed by atoms with Crippen molar-refractivity contribution in [2.75, 3.05) is 13.2 Å². The molecule has 0 spiro atoms.